The molecule has 4 nitrogen and oxygen atoms in total. The average molecular weight is 265 g/mol. The third-order valence-electron chi connectivity index (χ3n) is 5.46. The minimum atomic E-state index is -0.0581. The molecule has 0 aromatic heterocycles. The van der Waals surface area contributed by atoms with Gasteiger partial charge >= 0.3 is 0 Å². The van der Waals surface area contributed by atoms with E-state index in [-0.39, 0.29) is 11.9 Å². The molecule has 0 spiro atoms. The largest absolute Gasteiger partial charge is 0.352 e. The summed E-state index contributed by atoms with van der Waals surface area (Å²) in [5.74, 6) is 2.72. The van der Waals surface area contributed by atoms with Gasteiger partial charge in [-0.15, -0.1) is 0 Å². The average Bonchev–Trinajstić information content (AvgIpc) is 3.01. The number of piperazine rings is 1. The molecule has 0 radical (unpaired) electrons. The van der Waals surface area contributed by atoms with Crippen molar-refractivity contribution in [2.75, 3.05) is 13.1 Å². The molecule has 3 aliphatic rings. The van der Waals surface area contributed by atoms with Crippen LogP contribution in [0.4, 0.5) is 0 Å². The van der Waals surface area contributed by atoms with Crippen molar-refractivity contribution in [2.45, 2.75) is 57.7 Å². The van der Waals surface area contributed by atoms with Gasteiger partial charge in [-0.2, -0.15) is 0 Å². The highest BCUT2D eigenvalue weighted by Gasteiger charge is 2.42. The van der Waals surface area contributed by atoms with Crippen LogP contribution in [-0.4, -0.2) is 37.1 Å². The van der Waals surface area contributed by atoms with Crippen LogP contribution in [0.2, 0.25) is 0 Å². The molecule has 1 heterocycles. The Morgan fingerprint density at radius 2 is 2.05 bits per heavy atom. The number of amides is 1. The Hall–Kier alpha value is -0.610. The lowest BCUT2D eigenvalue weighted by atomic mass is 9.84. The molecule has 2 aliphatic carbocycles. The molecule has 6 atom stereocenters. The summed E-state index contributed by atoms with van der Waals surface area (Å²) >= 11 is 0. The van der Waals surface area contributed by atoms with Crippen LogP contribution in [0.5, 0.6) is 0 Å². The highest BCUT2D eigenvalue weighted by Crippen LogP contribution is 2.49. The molecule has 0 aromatic rings. The number of fused-ring (bicyclic) bond motifs is 2. The van der Waals surface area contributed by atoms with Crippen molar-refractivity contribution >= 4 is 5.91 Å². The fourth-order valence-electron chi connectivity index (χ4n) is 4.31. The zero-order valence-electron chi connectivity index (χ0n) is 12.1. The fraction of sp³-hybridized carbons (Fsp3) is 0.933. The van der Waals surface area contributed by atoms with Gasteiger partial charge in [0.05, 0.1) is 6.04 Å². The monoisotopic (exact) mass is 265 g/mol. The van der Waals surface area contributed by atoms with E-state index in [0.717, 1.165) is 30.8 Å². The molecule has 1 aliphatic heterocycles. The summed E-state index contributed by atoms with van der Waals surface area (Å²) in [4.78, 5) is 12.3. The first-order valence-electron chi connectivity index (χ1n) is 7.90. The Bertz CT molecular complexity index is 338. The minimum absolute atomic E-state index is 0.0581. The Balaban J connectivity index is 1.49. The van der Waals surface area contributed by atoms with Gasteiger partial charge in [0.25, 0.3) is 0 Å². The minimum Gasteiger partial charge on any atom is -0.352 e. The van der Waals surface area contributed by atoms with Gasteiger partial charge in [0.2, 0.25) is 5.91 Å². The summed E-state index contributed by atoms with van der Waals surface area (Å²) in [5, 5.41) is 9.93. The predicted octanol–water partition coefficient (Wildman–Crippen LogP) is 0.877. The second kappa shape index (κ2) is 5.41. The second-order valence-electron chi connectivity index (χ2n) is 6.91. The molecule has 3 fully saturated rings. The molecule has 1 amide bonds. The molecule has 3 rings (SSSR count). The standard InChI is InChI=1S/C15H27N3O/c1-9-7-17-14(8-16-9)15(19)18-10(2)13-6-11-3-4-12(13)5-11/h9-14,16-17H,3-8H2,1-2H3,(H,18,19). The lowest BCUT2D eigenvalue weighted by molar-refractivity contribution is -0.124. The molecular formula is C15H27N3O. The molecule has 6 unspecified atom stereocenters. The highest BCUT2D eigenvalue weighted by atomic mass is 16.2. The van der Waals surface area contributed by atoms with Crippen molar-refractivity contribution in [1.82, 2.24) is 16.0 Å². The normalized spacial score (nSPS) is 43.2. The summed E-state index contributed by atoms with van der Waals surface area (Å²) in [6, 6.07) is 0.744. The Kier molecular flexibility index (Phi) is 3.81. The van der Waals surface area contributed by atoms with Gasteiger partial charge < -0.3 is 16.0 Å². The van der Waals surface area contributed by atoms with Crippen LogP contribution in [0, 0.1) is 17.8 Å². The van der Waals surface area contributed by atoms with Crippen molar-refractivity contribution in [1.29, 1.82) is 0 Å². The third kappa shape index (κ3) is 2.79. The van der Waals surface area contributed by atoms with Gasteiger partial charge in [0.1, 0.15) is 0 Å². The van der Waals surface area contributed by atoms with Gasteiger partial charge in [-0.1, -0.05) is 6.42 Å². The first kappa shape index (κ1) is 13.4. The summed E-state index contributed by atoms with van der Waals surface area (Å²) in [7, 11) is 0. The van der Waals surface area contributed by atoms with Gasteiger partial charge in [0.15, 0.2) is 0 Å². The van der Waals surface area contributed by atoms with Gasteiger partial charge in [-0.05, 0) is 50.9 Å². The van der Waals surface area contributed by atoms with Gasteiger partial charge in [-0.25, -0.2) is 0 Å². The first-order chi connectivity index (χ1) is 9.13. The first-order valence-corrected chi connectivity index (χ1v) is 7.90. The van der Waals surface area contributed by atoms with E-state index in [4.69, 9.17) is 0 Å². The summed E-state index contributed by atoms with van der Waals surface area (Å²) in [5.41, 5.74) is 0. The Morgan fingerprint density at radius 3 is 2.63 bits per heavy atom. The van der Waals surface area contributed by atoms with Crippen LogP contribution in [0.1, 0.15) is 39.5 Å². The summed E-state index contributed by atoms with van der Waals surface area (Å²) in [6.45, 7) is 5.96. The van der Waals surface area contributed by atoms with E-state index >= 15 is 0 Å². The molecule has 2 saturated carbocycles. The van der Waals surface area contributed by atoms with Crippen molar-refractivity contribution in [3.05, 3.63) is 0 Å². The van der Waals surface area contributed by atoms with E-state index in [0.29, 0.717) is 12.1 Å². The van der Waals surface area contributed by atoms with E-state index in [1.807, 2.05) is 0 Å². The zero-order chi connectivity index (χ0) is 13.4. The number of rotatable bonds is 3. The predicted molar refractivity (Wildman–Crippen MR) is 75.8 cm³/mol. The summed E-state index contributed by atoms with van der Waals surface area (Å²) < 4.78 is 0. The number of hydrogen-bond donors (Lipinski definition) is 3. The van der Waals surface area contributed by atoms with Crippen molar-refractivity contribution in [2.24, 2.45) is 17.8 Å². The summed E-state index contributed by atoms with van der Waals surface area (Å²) in [6.07, 6.45) is 5.55. The van der Waals surface area contributed by atoms with E-state index in [9.17, 15) is 4.79 Å². The van der Waals surface area contributed by atoms with Gasteiger partial charge in [0, 0.05) is 25.2 Å². The maximum Gasteiger partial charge on any atom is 0.238 e. The molecule has 2 bridgehead atoms. The van der Waals surface area contributed by atoms with E-state index in [1.54, 1.807) is 0 Å². The highest BCUT2D eigenvalue weighted by molar-refractivity contribution is 5.82. The van der Waals surface area contributed by atoms with Crippen LogP contribution in [0.3, 0.4) is 0 Å². The molecular weight excluding hydrogens is 238 g/mol. The molecule has 4 heteroatoms. The van der Waals surface area contributed by atoms with Gasteiger partial charge in [-0.3, -0.25) is 4.79 Å². The Morgan fingerprint density at radius 1 is 1.21 bits per heavy atom. The third-order valence-corrected chi connectivity index (χ3v) is 5.46. The second-order valence-corrected chi connectivity index (χ2v) is 6.91. The van der Waals surface area contributed by atoms with Crippen LogP contribution in [-0.2, 0) is 4.79 Å². The lowest BCUT2D eigenvalue weighted by Crippen LogP contribution is -2.60. The topological polar surface area (TPSA) is 53.2 Å². The molecule has 0 aromatic carbocycles. The maximum absolute atomic E-state index is 12.3. The fourth-order valence-corrected chi connectivity index (χ4v) is 4.31. The smallest absolute Gasteiger partial charge is 0.238 e. The molecule has 1 saturated heterocycles. The number of nitrogens with one attached hydrogen (secondary N) is 3. The lowest BCUT2D eigenvalue weighted by Gasteiger charge is -2.32. The SMILES string of the molecule is CC1CNC(C(=O)NC(C)C2CC3CCC2C3)CN1. The van der Waals surface area contributed by atoms with Crippen LogP contribution >= 0.6 is 0 Å². The molecule has 19 heavy (non-hydrogen) atoms. The van der Waals surface area contributed by atoms with Crippen LogP contribution < -0.4 is 16.0 Å². The van der Waals surface area contributed by atoms with Crippen molar-refractivity contribution < 1.29 is 4.79 Å². The number of hydrogen-bond acceptors (Lipinski definition) is 3. The van der Waals surface area contributed by atoms with Crippen LogP contribution in [0.15, 0.2) is 0 Å². The quantitative estimate of drug-likeness (QED) is 0.710. The molecule has 3 N–H and O–H groups in total. The van der Waals surface area contributed by atoms with Crippen LogP contribution in [0.25, 0.3) is 0 Å². The maximum atomic E-state index is 12.3. The van der Waals surface area contributed by atoms with Crippen molar-refractivity contribution in [3.8, 4) is 0 Å². The molecule has 108 valence electrons. The number of carbonyl (C=O) groups is 1. The Labute approximate surface area is 116 Å². The van der Waals surface area contributed by atoms with E-state index in [1.165, 1.54) is 25.7 Å². The zero-order valence-corrected chi connectivity index (χ0v) is 12.1. The number of carbonyl (C=O) groups excluding carboxylic acids is 1. The van der Waals surface area contributed by atoms with Crippen molar-refractivity contribution in [3.63, 3.8) is 0 Å². The van der Waals surface area contributed by atoms with E-state index < -0.39 is 0 Å². The van der Waals surface area contributed by atoms with E-state index in [2.05, 4.69) is 29.8 Å².